The molecule has 7 heteroatoms. The van der Waals surface area contributed by atoms with Gasteiger partial charge in [0.2, 0.25) is 0 Å². The van der Waals surface area contributed by atoms with Gasteiger partial charge in [0.1, 0.15) is 5.56 Å². The minimum absolute atomic E-state index is 0.0653. The topological polar surface area (TPSA) is 55.8 Å². The Kier molecular flexibility index (Phi) is 4.12. The monoisotopic (exact) mass is 330 g/mol. The minimum Gasteiger partial charge on any atom is -0.489 e. The van der Waals surface area contributed by atoms with Gasteiger partial charge in [0.05, 0.1) is 19.6 Å². The second-order valence-corrected chi connectivity index (χ2v) is 5.95. The average molecular weight is 330 g/mol. The second kappa shape index (κ2) is 5.94. The molecular formula is C16H17F3O4. The number of alkyl halides is 3. The Bertz CT molecular complexity index is 608. The number of fused-ring (bicyclic) bond motifs is 1. The number of carbonyl (C=O) groups is 1. The Morgan fingerprint density at radius 1 is 1.22 bits per heavy atom. The van der Waals surface area contributed by atoms with Gasteiger partial charge < -0.3 is 14.6 Å². The Balaban J connectivity index is 2.08. The summed E-state index contributed by atoms with van der Waals surface area (Å²) in [6.45, 7) is 0.401. The maximum absolute atomic E-state index is 13.2. The van der Waals surface area contributed by atoms with Gasteiger partial charge in [0.15, 0.2) is 11.5 Å². The van der Waals surface area contributed by atoms with Crippen molar-refractivity contribution in [3.63, 3.8) is 0 Å². The number of hydrogen-bond donors (Lipinski definition) is 1. The summed E-state index contributed by atoms with van der Waals surface area (Å²) in [6.07, 6.45) is -2.41. The summed E-state index contributed by atoms with van der Waals surface area (Å²) < 4.78 is 50.4. The number of benzene rings is 1. The fourth-order valence-electron chi connectivity index (χ4n) is 3.01. The molecule has 3 rings (SSSR count). The molecule has 4 nitrogen and oxygen atoms in total. The van der Waals surface area contributed by atoms with Crippen LogP contribution in [0.4, 0.5) is 13.2 Å². The van der Waals surface area contributed by atoms with Crippen molar-refractivity contribution in [1.29, 1.82) is 0 Å². The highest BCUT2D eigenvalue weighted by Crippen LogP contribution is 2.52. The third-order valence-corrected chi connectivity index (χ3v) is 4.21. The van der Waals surface area contributed by atoms with Crippen LogP contribution in [0.3, 0.4) is 0 Å². The van der Waals surface area contributed by atoms with Crippen LogP contribution >= 0.6 is 0 Å². The van der Waals surface area contributed by atoms with Crippen LogP contribution < -0.4 is 9.47 Å². The quantitative estimate of drug-likeness (QED) is 0.911. The first-order chi connectivity index (χ1) is 10.9. The zero-order valence-electron chi connectivity index (χ0n) is 12.4. The predicted octanol–water partition coefficient (Wildman–Crippen LogP) is 3.84. The van der Waals surface area contributed by atoms with E-state index in [1.54, 1.807) is 0 Å². The summed E-state index contributed by atoms with van der Waals surface area (Å²) in [5.74, 6) is -1.37. The molecule has 1 aliphatic carbocycles. The van der Waals surface area contributed by atoms with E-state index in [0.717, 1.165) is 18.9 Å². The van der Waals surface area contributed by atoms with Crippen molar-refractivity contribution in [2.45, 2.75) is 37.8 Å². The highest BCUT2D eigenvalue weighted by Gasteiger charge is 2.41. The van der Waals surface area contributed by atoms with Gasteiger partial charge >= 0.3 is 12.1 Å². The molecule has 1 fully saturated rings. The molecule has 0 radical (unpaired) electrons. The first-order valence-corrected chi connectivity index (χ1v) is 7.59. The lowest BCUT2D eigenvalue weighted by Crippen LogP contribution is -2.13. The van der Waals surface area contributed by atoms with Crippen LogP contribution in [0.15, 0.2) is 12.1 Å². The summed E-state index contributed by atoms with van der Waals surface area (Å²) in [7, 11) is 0. The van der Waals surface area contributed by atoms with Crippen molar-refractivity contribution in [2.75, 3.05) is 13.2 Å². The molecule has 0 spiro atoms. The lowest BCUT2D eigenvalue weighted by atomic mass is 9.89. The Labute approximate surface area is 131 Å². The zero-order chi connectivity index (χ0) is 16.6. The van der Waals surface area contributed by atoms with Gasteiger partial charge in [-0.15, -0.1) is 0 Å². The number of halogens is 3. The molecule has 0 saturated heterocycles. The Morgan fingerprint density at radius 2 is 1.87 bits per heavy atom. The molecule has 126 valence electrons. The van der Waals surface area contributed by atoms with Crippen molar-refractivity contribution in [1.82, 2.24) is 0 Å². The maximum atomic E-state index is 13.2. The normalized spacial score (nSPS) is 19.1. The maximum Gasteiger partial charge on any atom is 0.420 e. The van der Waals surface area contributed by atoms with Gasteiger partial charge in [-0.3, -0.25) is 4.79 Å². The number of carboxylic acid groups (broad SMARTS) is 1. The molecule has 0 aromatic heterocycles. The van der Waals surface area contributed by atoms with Crippen LogP contribution in [0.2, 0.25) is 0 Å². The minimum atomic E-state index is -4.54. The van der Waals surface area contributed by atoms with Crippen LogP contribution in [0.1, 0.15) is 42.7 Å². The summed E-state index contributed by atoms with van der Waals surface area (Å²) in [5.41, 5.74) is -0.358. The van der Waals surface area contributed by atoms with Crippen LogP contribution in [0.5, 0.6) is 11.5 Å². The van der Waals surface area contributed by atoms with Gasteiger partial charge in [-0.2, -0.15) is 13.2 Å². The SMILES string of the molecule is O=C(O)CC(c1ccc(C(F)(F)F)c2c1OCCCO2)C1CC1. The molecule has 1 unspecified atom stereocenters. The van der Waals surface area contributed by atoms with E-state index in [1.165, 1.54) is 6.07 Å². The van der Waals surface area contributed by atoms with Gasteiger partial charge in [0.25, 0.3) is 0 Å². The fraction of sp³-hybridized carbons (Fsp3) is 0.562. The molecule has 1 heterocycles. The lowest BCUT2D eigenvalue weighted by Gasteiger charge is -2.22. The van der Waals surface area contributed by atoms with Crippen molar-refractivity contribution >= 4 is 5.97 Å². The molecule has 0 bridgehead atoms. The summed E-state index contributed by atoms with van der Waals surface area (Å²) in [4.78, 5) is 11.1. The van der Waals surface area contributed by atoms with E-state index in [4.69, 9.17) is 14.6 Å². The average Bonchev–Trinajstić information content (AvgIpc) is 3.28. The molecule has 1 aliphatic heterocycles. The molecule has 1 N–H and O–H groups in total. The second-order valence-electron chi connectivity index (χ2n) is 5.95. The number of carboxylic acids is 1. The third-order valence-electron chi connectivity index (χ3n) is 4.21. The summed E-state index contributed by atoms with van der Waals surface area (Å²) in [6, 6.07) is 2.32. The third kappa shape index (κ3) is 3.38. The van der Waals surface area contributed by atoms with E-state index < -0.39 is 17.7 Å². The molecule has 1 saturated carbocycles. The Hall–Kier alpha value is -1.92. The lowest BCUT2D eigenvalue weighted by molar-refractivity contribution is -0.139. The molecule has 1 aromatic rings. The standard InChI is InChI=1S/C16H17F3O4/c17-16(18,19)12-5-4-10(11(8-13(20)21)9-2-3-9)14-15(12)23-7-1-6-22-14/h4-5,9,11H,1-3,6-8H2,(H,20,21). The molecule has 1 aromatic carbocycles. The number of hydrogen-bond acceptors (Lipinski definition) is 3. The van der Waals surface area contributed by atoms with E-state index in [-0.39, 0.29) is 43.0 Å². The molecule has 23 heavy (non-hydrogen) atoms. The van der Waals surface area contributed by atoms with Crippen LogP contribution in [-0.4, -0.2) is 24.3 Å². The summed E-state index contributed by atoms with van der Waals surface area (Å²) in [5, 5.41) is 9.11. The van der Waals surface area contributed by atoms with E-state index in [1.807, 2.05) is 0 Å². The molecule has 0 amide bonds. The first kappa shape index (κ1) is 16.0. The van der Waals surface area contributed by atoms with E-state index in [2.05, 4.69) is 0 Å². The van der Waals surface area contributed by atoms with E-state index >= 15 is 0 Å². The molecule has 2 aliphatic rings. The highest BCUT2D eigenvalue weighted by molar-refractivity contribution is 5.69. The number of aliphatic carboxylic acids is 1. The Morgan fingerprint density at radius 3 is 2.43 bits per heavy atom. The van der Waals surface area contributed by atoms with Crippen LogP contribution in [-0.2, 0) is 11.0 Å². The first-order valence-electron chi connectivity index (χ1n) is 7.59. The largest absolute Gasteiger partial charge is 0.489 e. The van der Waals surface area contributed by atoms with Gasteiger partial charge in [0, 0.05) is 17.9 Å². The fourth-order valence-corrected chi connectivity index (χ4v) is 3.01. The van der Waals surface area contributed by atoms with Gasteiger partial charge in [-0.1, -0.05) is 6.07 Å². The molecular weight excluding hydrogens is 313 g/mol. The van der Waals surface area contributed by atoms with Crippen molar-refractivity contribution in [3.05, 3.63) is 23.3 Å². The highest BCUT2D eigenvalue weighted by atomic mass is 19.4. The molecule has 1 atom stereocenters. The van der Waals surface area contributed by atoms with Crippen LogP contribution in [0, 0.1) is 5.92 Å². The predicted molar refractivity (Wildman–Crippen MR) is 74.8 cm³/mol. The van der Waals surface area contributed by atoms with Crippen molar-refractivity contribution in [3.8, 4) is 11.5 Å². The van der Waals surface area contributed by atoms with Crippen molar-refractivity contribution in [2.24, 2.45) is 5.92 Å². The smallest absolute Gasteiger partial charge is 0.420 e. The number of ether oxygens (including phenoxy) is 2. The van der Waals surface area contributed by atoms with Gasteiger partial charge in [-0.05, 0) is 24.8 Å². The van der Waals surface area contributed by atoms with E-state index in [9.17, 15) is 18.0 Å². The summed E-state index contributed by atoms with van der Waals surface area (Å²) >= 11 is 0. The van der Waals surface area contributed by atoms with Crippen LogP contribution in [0.25, 0.3) is 0 Å². The van der Waals surface area contributed by atoms with Gasteiger partial charge in [-0.25, -0.2) is 0 Å². The zero-order valence-corrected chi connectivity index (χ0v) is 12.4. The van der Waals surface area contributed by atoms with E-state index in [0.29, 0.717) is 12.0 Å². The number of rotatable bonds is 4. The van der Waals surface area contributed by atoms with Crippen molar-refractivity contribution < 1.29 is 32.5 Å².